The van der Waals surface area contributed by atoms with Crippen LogP contribution in [0.25, 0.3) is 0 Å². The van der Waals surface area contributed by atoms with Crippen molar-refractivity contribution in [1.29, 1.82) is 0 Å². The van der Waals surface area contributed by atoms with Crippen molar-refractivity contribution < 1.29 is 32.6 Å². The van der Waals surface area contributed by atoms with E-state index in [1.54, 1.807) is 0 Å². The van der Waals surface area contributed by atoms with Crippen LogP contribution in [0, 0.1) is 0 Å². The molecule has 2 aromatic carbocycles. The summed E-state index contributed by atoms with van der Waals surface area (Å²) in [5.41, 5.74) is 3.17. The van der Waals surface area contributed by atoms with Crippen molar-refractivity contribution in [1.82, 2.24) is 5.32 Å². The third-order valence-corrected chi connectivity index (χ3v) is 5.26. The molecule has 0 saturated carbocycles. The zero-order valence-corrected chi connectivity index (χ0v) is 16.6. The van der Waals surface area contributed by atoms with Gasteiger partial charge in [0, 0.05) is 11.3 Å². The fraction of sp³-hybridized carbons (Fsp3) is 0.364. The highest BCUT2D eigenvalue weighted by atomic mass is 19.4. The normalized spacial score (nSPS) is 18.2. The molecule has 2 aliphatic heterocycles. The number of halogens is 3. The van der Waals surface area contributed by atoms with Crippen molar-refractivity contribution in [3.05, 3.63) is 59.7 Å². The van der Waals surface area contributed by atoms with Gasteiger partial charge in [-0.15, -0.1) is 0 Å². The molecule has 9 heteroatoms. The van der Waals surface area contributed by atoms with Crippen LogP contribution in [0.1, 0.15) is 35.8 Å². The summed E-state index contributed by atoms with van der Waals surface area (Å²) in [6, 6.07) is 16.0. The van der Waals surface area contributed by atoms with E-state index in [9.17, 15) is 18.0 Å². The summed E-state index contributed by atoms with van der Waals surface area (Å²) in [7, 11) is 0. The lowest BCUT2D eigenvalue weighted by molar-refractivity contribution is -0.192. The summed E-state index contributed by atoms with van der Waals surface area (Å²) in [5, 5.41) is 13.7. The molecule has 166 valence electrons. The van der Waals surface area contributed by atoms with Crippen LogP contribution in [0.3, 0.4) is 0 Å². The monoisotopic (exact) mass is 436 g/mol. The zero-order chi connectivity index (χ0) is 22.4. The molecule has 4 rings (SSSR count). The van der Waals surface area contributed by atoms with Gasteiger partial charge < -0.3 is 20.5 Å². The van der Waals surface area contributed by atoms with Gasteiger partial charge in [-0.1, -0.05) is 36.4 Å². The minimum Gasteiger partial charge on any atom is -0.492 e. The molecular formula is C22H23F3N2O4. The van der Waals surface area contributed by atoms with Crippen molar-refractivity contribution in [2.45, 2.75) is 30.9 Å². The summed E-state index contributed by atoms with van der Waals surface area (Å²) in [6.07, 6.45) is -2.86. The standard InChI is InChI=1S/C20H22N2O2.C2HF3O2/c23-20(17-13-24-19-8-4-2-6-16(17)19)22-18-7-3-1-5-15(18)14-9-11-21-12-10-14;3-2(4,5)1(6)7/h1-8,14,17,21H,9-13H2,(H,22,23);(H,6,7). The van der Waals surface area contributed by atoms with Crippen molar-refractivity contribution in [2.24, 2.45) is 0 Å². The zero-order valence-electron chi connectivity index (χ0n) is 16.6. The number of para-hydroxylation sites is 2. The molecule has 0 aromatic heterocycles. The summed E-state index contributed by atoms with van der Waals surface area (Å²) >= 11 is 0. The van der Waals surface area contributed by atoms with E-state index in [0.29, 0.717) is 12.5 Å². The first-order chi connectivity index (χ1) is 14.8. The largest absolute Gasteiger partial charge is 0.492 e. The molecule has 1 atom stereocenters. The highest BCUT2D eigenvalue weighted by Crippen LogP contribution is 2.36. The average molecular weight is 436 g/mol. The average Bonchev–Trinajstić information content (AvgIpc) is 3.19. The molecule has 1 fully saturated rings. The third-order valence-electron chi connectivity index (χ3n) is 5.26. The molecule has 0 aliphatic carbocycles. The first-order valence-electron chi connectivity index (χ1n) is 9.89. The molecular weight excluding hydrogens is 413 g/mol. The Balaban J connectivity index is 0.000000339. The van der Waals surface area contributed by atoms with E-state index < -0.39 is 12.1 Å². The number of carbonyl (C=O) groups excluding carboxylic acids is 1. The van der Waals surface area contributed by atoms with Crippen LogP contribution in [0.5, 0.6) is 5.75 Å². The topological polar surface area (TPSA) is 87.7 Å². The Morgan fingerprint density at radius 2 is 1.58 bits per heavy atom. The number of piperidine rings is 1. The van der Waals surface area contributed by atoms with Crippen LogP contribution < -0.4 is 15.4 Å². The van der Waals surface area contributed by atoms with Crippen molar-refractivity contribution in [2.75, 3.05) is 25.0 Å². The SMILES string of the molecule is O=C(Nc1ccccc1C1CCNCC1)C1COc2ccccc21.O=C(O)C(F)(F)F. The lowest BCUT2D eigenvalue weighted by Gasteiger charge is -2.25. The lowest BCUT2D eigenvalue weighted by Crippen LogP contribution is -2.28. The van der Waals surface area contributed by atoms with Crippen LogP contribution >= 0.6 is 0 Å². The second kappa shape index (κ2) is 9.82. The minimum atomic E-state index is -5.08. The number of ether oxygens (including phenoxy) is 1. The van der Waals surface area contributed by atoms with E-state index in [4.69, 9.17) is 14.6 Å². The first kappa shape index (κ1) is 22.6. The van der Waals surface area contributed by atoms with Gasteiger partial charge in [0.1, 0.15) is 18.3 Å². The van der Waals surface area contributed by atoms with Crippen LogP contribution in [-0.2, 0) is 9.59 Å². The van der Waals surface area contributed by atoms with E-state index in [1.165, 1.54) is 5.56 Å². The van der Waals surface area contributed by atoms with E-state index >= 15 is 0 Å². The van der Waals surface area contributed by atoms with E-state index in [1.807, 2.05) is 36.4 Å². The number of rotatable bonds is 3. The molecule has 0 bridgehead atoms. The summed E-state index contributed by atoms with van der Waals surface area (Å²) in [5.74, 6) is -1.64. The number of hydrogen-bond donors (Lipinski definition) is 3. The van der Waals surface area contributed by atoms with Gasteiger partial charge >= 0.3 is 12.1 Å². The molecule has 2 aliphatic rings. The molecule has 1 saturated heterocycles. The number of anilines is 1. The maximum Gasteiger partial charge on any atom is 0.490 e. The quantitative estimate of drug-likeness (QED) is 0.679. The molecule has 2 heterocycles. The Hall–Kier alpha value is -3.07. The molecule has 3 N–H and O–H groups in total. The fourth-order valence-corrected chi connectivity index (χ4v) is 3.70. The van der Waals surface area contributed by atoms with Crippen LogP contribution in [-0.4, -0.2) is 42.9 Å². The van der Waals surface area contributed by atoms with Gasteiger partial charge in [0.05, 0.1) is 0 Å². The molecule has 0 spiro atoms. The third kappa shape index (κ3) is 5.75. The summed E-state index contributed by atoms with van der Waals surface area (Å²) in [4.78, 5) is 21.7. The Morgan fingerprint density at radius 3 is 2.23 bits per heavy atom. The van der Waals surface area contributed by atoms with E-state index in [2.05, 4.69) is 22.8 Å². The van der Waals surface area contributed by atoms with Crippen LogP contribution in [0.4, 0.5) is 18.9 Å². The Morgan fingerprint density at radius 1 is 1.00 bits per heavy atom. The van der Waals surface area contributed by atoms with Crippen molar-refractivity contribution in [3.63, 3.8) is 0 Å². The maximum atomic E-state index is 12.8. The first-order valence-corrected chi connectivity index (χ1v) is 9.89. The molecule has 31 heavy (non-hydrogen) atoms. The van der Waals surface area contributed by atoms with Crippen LogP contribution in [0.2, 0.25) is 0 Å². The van der Waals surface area contributed by atoms with Crippen molar-refractivity contribution >= 4 is 17.6 Å². The summed E-state index contributed by atoms with van der Waals surface area (Å²) < 4.78 is 37.4. The predicted molar refractivity (Wildman–Crippen MR) is 108 cm³/mol. The number of amides is 1. The second-order valence-corrected chi connectivity index (χ2v) is 7.31. The van der Waals surface area contributed by atoms with Gasteiger partial charge in [-0.3, -0.25) is 4.79 Å². The number of benzene rings is 2. The van der Waals surface area contributed by atoms with E-state index in [0.717, 1.165) is 42.9 Å². The number of carboxylic acid groups (broad SMARTS) is 1. The lowest BCUT2D eigenvalue weighted by atomic mass is 9.89. The Labute approximate surface area is 177 Å². The van der Waals surface area contributed by atoms with Gasteiger partial charge in [0.15, 0.2) is 0 Å². The molecule has 2 aromatic rings. The number of fused-ring (bicyclic) bond motifs is 1. The predicted octanol–water partition coefficient (Wildman–Crippen LogP) is 3.90. The molecule has 1 unspecified atom stereocenters. The molecule has 6 nitrogen and oxygen atoms in total. The van der Waals surface area contributed by atoms with Gasteiger partial charge in [0.25, 0.3) is 0 Å². The van der Waals surface area contributed by atoms with E-state index in [-0.39, 0.29) is 11.8 Å². The number of carboxylic acids is 1. The van der Waals surface area contributed by atoms with Crippen LogP contribution in [0.15, 0.2) is 48.5 Å². The maximum absolute atomic E-state index is 12.8. The van der Waals surface area contributed by atoms with Gasteiger partial charge in [-0.05, 0) is 49.5 Å². The highest BCUT2D eigenvalue weighted by Gasteiger charge is 2.38. The Bertz CT molecular complexity index is 927. The number of nitrogens with one attached hydrogen (secondary N) is 2. The Kier molecular flexibility index (Phi) is 7.17. The molecule has 1 amide bonds. The number of carbonyl (C=O) groups is 2. The minimum absolute atomic E-state index is 0.0151. The van der Waals surface area contributed by atoms with Gasteiger partial charge in [-0.25, -0.2) is 4.79 Å². The highest BCUT2D eigenvalue weighted by molar-refractivity contribution is 5.97. The number of alkyl halides is 3. The number of aliphatic carboxylic acids is 1. The van der Waals surface area contributed by atoms with Gasteiger partial charge in [0.2, 0.25) is 5.91 Å². The fourth-order valence-electron chi connectivity index (χ4n) is 3.70. The van der Waals surface area contributed by atoms with Gasteiger partial charge in [-0.2, -0.15) is 13.2 Å². The number of hydrogen-bond acceptors (Lipinski definition) is 4. The van der Waals surface area contributed by atoms with Crippen molar-refractivity contribution in [3.8, 4) is 5.75 Å². The second-order valence-electron chi connectivity index (χ2n) is 7.31. The molecule has 0 radical (unpaired) electrons. The summed E-state index contributed by atoms with van der Waals surface area (Å²) in [6.45, 7) is 2.49. The smallest absolute Gasteiger partial charge is 0.490 e.